The number of para-hydroxylation sites is 1. The Kier molecular flexibility index (Phi) is 7.95. The SMILES string of the molecule is COc1ccc(Nc2nc(NN=Cc3cc(I)cc(I)c3O)nc(Nc3ccccc3)n2)cc1. The largest absolute Gasteiger partial charge is 0.506 e. The Morgan fingerprint density at radius 1 is 0.853 bits per heavy atom. The molecule has 0 amide bonds. The molecule has 0 aliphatic carbocycles. The molecule has 172 valence electrons. The number of benzene rings is 3. The number of hydrogen-bond acceptors (Lipinski definition) is 9. The van der Waals surface area contributed by atoms with Crippen molar-refractivity contribution in [1.29, 1.82) is 0 Å². The lowest BCUT2D eigenvalue weighted by atomic mass is 10.2. The molecule has 4 N–H and O–H groups in total. The third-order valence-electron chi connectivity index (χ3n) is 4.44. The number of nitrogens with one attached hydrogen (secondary N) is 3. The first-order valence-electron chi connectivity index (χ1n) is 9.96. The summed E-state index contributed by atoms with van der Waals surface area (Å²) in [6, 6.07) is 20.7. The standard InChI is InChI=1S/C23H19I2N7O2/c1-34-18-9-7-17(8-10-18)28-22-29-21(27-16-5-3-2-4-6-16)30-23(31-22)32-26-13-14-11-15(24)12-19(25)20(14)33/h2-13,33H,1H3,(H3,27,28,29,30,31,32). The van der Waals surface area contributed by atoms with E-state index in [-0.39, 0.29) is 11.7 Å². The van der Waals surface area contributed by atoms with Crippen molar-refractivity contribution >= 4 is 80.6 Å². The highest BCUT2D eigenvalue weighted by molar-refractivity contribution is 14.1. The van der Waals surface area contributed by atoms with Gasteiger partial charge in [0.25, 0.3) is 0 Å². The van der Waals surface area contributed by atoms with Crippen LogP contribution in [0.5, 0.6) is 11.5 Å². The van der Waals surface area contributed by atoms with Crippen molar-refractivity contribution in [2.75, 3.05) is 23.2 Å². The second-order valence-corrected chi connectivity index (χ2v) is 9.25. The van der Waals surface area contributed by atoms with Gasteiger partial charge in [-0.1, -0.05) is 18.2 Å². The van der Waals surface area contributed by atoms with Crippen LogP contribution in [0.1, 0.15) is 5.56 Å². The summed E-state index contributed by atoms with van der Waals surface area (Å²) >= 11 is 4.27. The van der Waals surface area contributed by atoms with Crippen LogP contribution in [-0.2, 0) is 0 Å². The molecular formula is C23H19I2N7O2. The summed E-state index contributed by atoms with van der Waals surface area (Å²) in [4.78, 5) is 13.3. The molecule has 0 radical (unpaired) electrons. The second kappa shape index (κ2) is 11.3. The Hall–Kier alpha value is -3.20. The number of hydrazone groups is 1. The Morgan fingerprint density at radius 3 is 2.12 bits per heavy atom. The van der Waals surface area contributed by atoms with Gasteiger partial charge in [-0.25, -0.2) is 5.43 Å². The van der Waals surface area contributed by atoms with Crippen LogP contribution in [0.2, 0.25) is 0 Å². The van der Waals surface area contributed by atoms with Gasteiger partial charge in [0.05, 0.1) is 16.9 Å². The fourth-order valence-corrected chi connectivity index (χ4v) is 4.73. The topological polar surface area (TPSA) is 117 Å². The highest BCUT2D eigenvalue weighted by Gasteiger charge is 2.09. The summed E-state index contributed by atoms with van der Waals surface area (Å²) in [5, 5.41) is 20.8. The molecule has 0 unspecified atom stereocenters. The van der Waals surface area contributed by atoms with Crippen molar-refractivity contribution in [2.45, 2.75) is 0 Å². The molecule has 34 heavy (non-hydrogen) atoms. The fraction of sp³-hybridized carbons (Fsp3) is 0.0435. The van der Waals surface area contributed by atoms with E-state index in [1.54, 1.807) is 7.11 Å². The number of nitrogens with zero attached hydrogens (tertiary/aromatic N) is 4. The lowest BCUT2D eigenvalue weighted by Crippen LogP contribution is -2.07. The maximum absolute atomic E-state index is 10.3. The van der Waals surface area contributed by atoms with Crippen LogP contribution in [0, 0.1) is 7.14 Å². The van der Waals surface area contributed by atoms with Gasteiger partial charge in [0.15, 0.2) is 0 Å². The van der Waals surface area contributed by atoms with Crippen LogP contribution < -0.4 is 20.8 Å². The molecule has 1 aromatic heterocycles. The van der Waals surface area contributed by atoms with Gasteiger partial charge in [0, 0.05) is 20.5 Å². The van der Waals surface area contributed by atoms with E-state index in [4.69, 9.17) is 4.74 Å². The molecule has 0 aliphatic rings. The minimum absolute atomic E-state index is 0.163. The van der Waals surface area contributed by atoms with Crippen molar-refractivity contribution in [1.82, 2.24) is 15.0 Å². The quantitative estimate of drug-likeness (QED) is 0.106. The number of aromatic hydroxyl groups is 1. The molecule has 0 saturated carbocycles. The van der Waals surface area contributed by atoms with Crippen LogP contribution >= 0.6 is 45.2 Å². The Morgan fingerprint density at radius 2 is 1.47 bits per heavy atom. The number of ether oxygens (including phenoxy) is 1. The van der Waals surface area contributed by atoms with E-state index in [1.165, 1.54) is 6.21 Å². The molecule has 0 spiro atoms. The van der Waals surface area contributed by atoms with E-state index in [9.17, 15) is 5.11 Å². The Bertz CT molecular complexity index is 1300. The van der Waals surface area contributed by atoms with Crippen LogP contribution in [0.3, 0.4) is 0 Å². The van der Waals surface area contributed by atoms with Gasteiger partial charge in [-0.3, -0.25) is 0 Å². The number of phenolic OH excluding ortho intramolecular Hbond substituents is 1. The monoisotopic (exact) mass is 679 g/mol. The number of hydrogen-bond donors (Lipinski definition) is 4. The van der Waals surface area contributed by atoms with Crippen LogP contribution in [0.15, 0.2) is 71.8 Å². The first kappa shape index (κ1) is 23.9. The van der Waals surface area contributed by atoms with Gasteiger partial charge in [0.1, 0.15) is 11.5 Å². The normalized spacial score (nSPS) is 10.8. The number of anilines is 5. The molecular weight excluding hydrogens is 660 g/mol. The number of aromatic nitrogens is 3. The van der Waals surface area contributed by atoms with Crippen LogP contribution in [0.25, 0.3) is 0 Å². The molecule has 4 aromatic rings. The maximum Gasteiger partial charge on any atom is 0.250 e. The summed E-state index contributed by atoms with van der Waals surface area (Å²) in [5.74, 6) is 1.79. The van der Waals surface area contributed by atoms with Crippen molar-refractivity contribution in [2.24, 2.45) is 5.10 Å². The third-order valence-corrected chi connectivity index (χ3v) is 5.88. The summed E-state index contributed by atoms with van der Waals surface area (Å²) in [7, 11) is 1.62. The summed E-state index contributed by atoms with van der Waals surface area (Å²) in [6.45, 7) is 0. The molecule has 0 atom stereocenters. The molecule has 4 rings (SSSR count). The second-order valence-electron chi connectivity index (χ2n) is 6.85. The summed E-state index contributed by atoms with van der Waals surface area (Å²) in [6.07, 6.45) is 1.52. The van der Waals surface area contributed by atoms with E-state index in [0.29, 0.717) is 17.5 Å². The Balaban J connectivity index is 1.59. The van der Waals surface area contributed by atoms with Crippen molar-refractivity contribution in [3.8, 4) is 11.5 Å². The van der Waals surface area contributed by atoms with Crippen molar-refractivity contribution < 1.29 is 9.84 Å². The first-order chi connectivity index (χ1) is 16.5. The van der Waals surface area contributed by atoms with E-state index in [1.807, 2.05) is 66.7 Å². The first-order valence-corrected chi connectivity index (χ1v) is 12.1. The maximum atomic E-state index is 10.3. The van der Waals surface area contributed by atoms with Crippen LogP contribution in [-0.4, -0.2) is 33.4 Å². The lowest BCUT2D eigenvalue weighted by Gasteiger charge is -2.10. The zero-order valence-electron chi connectivity index (χ0n) is 17.8. The average Bonchev–Trinajstić information content (AvgIpc) is 2.83. The van der Waals surface area contributed by atoms with Gasteiger partial charge in [-0.2, -0.15) is 20.1 Å². The minimum Gasteiger partial charge on any atom is -0.506 e. The number of rotatable bonds is 8. The molecule has 11 heteroatoms. The summed E-state index contributed by atoms with van der Waals surface area (Å²) in [5.41, 5.74) is 5.02. The number of methoxy groups -OCH3 is 1. The highest BCUT2D eigenvalue weighted by atomic mass is 127. The third kappa shape index (κ3) is 6.44. The predicted octanol–water partition coefficient (Wildman–Crippen LogP) is 5.73. The molecule has 0 saturated heterocycles. The Labute approximate surface area is 223 Å². The van der Waals surface area contributed by atoms with Crippen molar-refractivity contribution in [3.05, 3.63) is 79.4 Å². The predicted molar refractivity (Wildman–Crippen MR) is 151 cm³/mol. The minimum atomic E-state index is 0.163. The lowest BCUT2D eigenvalue weighted by molar-refractivity contribution is 0.415. The van der Waals surface area contributed by atoms with Gasteiger partial charge in [0.2, 0.25) is 17.8 Å². The van der Waals surface area contributed by atoms with Crippen LogP contribution in [0.4, 0.5) is 29.2 Å². The molecule has 0 bridgehead atoms. The highest BCUT2D eigenvalue weighted by Crippen LogP contribution is 2.26. The van der Waals surface area contributed by atoms with E-state index >= 15 is 0 Å². The van der Waals surface area contributed by atoms with E-state index < -0.39 is 0 Å². The van der Waals surface area contributed by atoms with Gasteiger partial charge in [-0.15, -0.1) is 0 Å². The smallest absolute Gasteiger partial charge is 0.250 e. The van der Waals surface area contributed by atoms with Gasteiger partial charge >= 0.3 is 0 Å². The number of halogens is 2. The van der Waals surface area contributed by atoms with Crippen molar-refractivity contribution in [3.63, 3.8) is 0 Å². The van der Waals surface area contributed by atoms with E-state index in [2.05, 4.69) is 81.3 Å². The summed E-state index contributed by atoms with van der Waals surface area (Å²) < 4.78 is 6.93. The molecule has 3 aromatic carbocycles. The molecule has 1 heterocycles. The molecule has 0 fully saturated rings. The average molecular weight is 679 g/mol. The number of phenols is 1. The van der Waals surface area contributed by atoms with Gasteiger partial charge in [-0.05, 0) is 93.7 Å². The molecule has 9 nitrogen and oxygen atoms in total. The molecule has 0 aliphatic heterocycles. The zero-order chi connectivity index (χ0) is 23.9. The fourth-order valence-electron chi connectivity index (χ4n) is 2.84. The van der Waals surface area contributed by atoms with E-state index in [0.717, 1.165) is 24.3 Å². The zero-order valence-corrected chi connectivity index (χ0v) is 22.1. The van der Waals surface area contributed by atoms with Gasteiger partial charge < -0.3 is 20.5 Å².